The number of hydrogen-bond donors (Lipinski definition) is 3. The van der Waals surface area contributed by atoms with E-state index in [4.69, 9.17) is 9.47 Å². The molecule has 2 aromatic heterocycles. The third-order valence-electron chi connectivity index (χ3n) is 6.96. The number of nitrogens with one attached hydrogen (secondary N) is 3. The molecule has 0 saturated heterocycles. The summed E-state index contributed by atoms with van der Waals surface area (Å²) >= 11 is 0. The number of alkyl halides is 3. The molecular formula is C34H32F4N6O6S. The fourth-order valence-electron chi connectivity index (χ4n) is 4.68. The summed E-state index contributed by atoms with van der Waals surface area (Å²) in [4.78, 5) is 29.9. The van der Waals surface area contributed by atoms with Crippen molar-refractivity contribution in [3.05, 3.63) is 96.4 Å². The summed E-state index contributed by atoms with van der Waals surface area (Å²) in [7, 11) is -3.73. The van der Waals surface area contributed by atoms with E-state index in [1.54, 1.807) is 63.4 Å². The molecule has 0 fully saturated rings. The maximum Gasteiger partial charge on any atom is 0.422 e. The first-order chi connectivity index (χ1) is 23.8. The van der Waals surface area contributed by atoms with Crippen LogP contribution >= 0.6 is 0 Å². The number of ether oxygens (including phenoxy) is 2. The van der Waals surface area contributed by atoms with Crippen molar-refractivity contribution in [2.45, 2.75) is 43.5 Å². The highest BCUT2D eigenvalue weighted by Crippen LogP contribution is 2.32. The number of sulfone groups is 1. The number of hydrogen-bond acceptors (Lipinski definition) is 9. The zero-order valence-electron chi connectivity index (χ0n) is 27.6. The number of benzene rings is 3. The number of anilines is 3. The van der Waals surface area contributed by atoms with Crippen LogP contribution in [-0.4, -0.2) is 59.7 Å². The second kappa shape index (κ2) is 14.3. The molecule has 2 heterocycles. The van der Waals surface area contributed by atoms with Crippen LogP contribution < -0.4 is 20.7 Å². The van der Waals surface area contributed by atoms with Crippen LogP contribution in [0.5, 0.6) is 5.75 Å². The third-order valence-corrected chi connectivity index (χ3v) is 8.07. The first kappa shape index (κ1) is 36.6. The Morgan fingerprint density at radius 3 is 2.22 bits per heavy atom. The molecule has 2 amide bonds. The molecule has 5 aromatic rings. The lowest BCUT2D eigenvalue weighted by molar-refractivity contribution is -0.153. The van der Waals surface area contributed by atoms with Crippen molar-refractivity contribution in [1.29, 1.82) is 0 Å². The van der Waals surface area contributed by atoms with Gasteiger partial charge in [0, 0.05) is 29.8 Å². The van der Waals surface area contributed by atoms with E-state index in [0.29, 0.717) is 22.5 Å². The summed E-state index contributed by atoms with van der Waals surface area (Å²) < 4.78 is 87.8. The molecule has 1 atom stereocenters. The number of alkyl carbamates (subject to hydrolysis) is 1. The number of fused-ring (bicyclic) bond motifs is 1. The van der Waals surface area contributed by atoms with Gasteiger partial charge in [-0.05, 0) is 80.4 Å². The predicted molar refractivity (Wildman–Crippen MR) is 180 cm³/mol. The van der Waals surface area contributed by atoms with Gasteiger partial charge in [0.1, 0.15) is 23.2 Å². The summed E-state index contributed by atoms with van der Waals surface area (Å²) in [6.45, 7) is 3.39. The maximum atomic E-state index is 13.6. The molecule has 0 bridgehead atoms. The quantitative estimate of drug-likeness (QED) is 0.131. The zero-order valence-corrected chi connectivity index (χ0v) is 28.4. The highest BCUT2D eigenvalue weighted by Gasteiger charge is 2.29. The van der Waals surface area contributed by atoms with Crippen LogP contribution in [0, 0.1) is 5.82 Å². The number of halogens is 4. The average molecular weight is 729 g/mol. The average Bonchev–Trinajstić information content (AvgIpc) is 3.44. The molecule has 17 heteroatoms. The lowest BCUT2D eigenvalue weighted by Gasteiger charge is -2.23. The van der Waals surface area contributed by atoms with Crippen molar-refractivity contribution in [2.75, 3.05) is 23.5 Å². The summed E-state index contributed by atoms with van der Waals surface area (Å²) in [5.41, 5.74) is 1.75. The molecule has 0 spiro atoms. The van der Waals surface area contributed by atoms with Gasteiger partial charge in [-0.1, -0.05) is 24.3 Å². The topological polar surface area (TPSA) is 153 Å². The summed E-state index contributed by atoms with van der Waals surface area (Å²) in [5, 5.41) is 12.4. The largest absolute Gasteiger partial charge is 0.482 e. The van der Waals surface area contributed by atoms with Gasteiger partial charge in [-0.3, -0.25) is 4.79 Å². The minimum Gasteiger partial charge on any atom is -0.482 e. The lowest BCUT2D eigenvalue weighted by atomic mass is 10.1. The number of amides is 2. The van der Waals surface area contributed by atoms with Gasteiger partial charge in [-0.2, -0.15) is 18.2 Å². The van der Waals surface area contributed by atoms with E-state index in [-0.39, 0.29) is 22.3 Å². The number of carbonyl (C=O) groups is 2. The fourth-order valence-corrected chi connectivity index (χ4v) is 5.32. The molecular weight excluding hydrogens is 696 g/mol. The van der Waals surface area contributed by atoms with E-state index < -0.39 is 52.1 Å². The van der Waals surface area contributed by atoms with Crippen LogP contribution in [0.1, 0.15) is 32.4 Å². The van der Waals surface area contributed by atoms with E-state index in [0.717, 1.165) is 17.9 Å². The first-order valence-corrected chi connectivity index (χ1v) is 17.1. The molecule has 1 unspecified atom stereocenters. The van der Waals surface area contributed by atoms with Gasteiger partial charge >= 0.3 is 12.3 Å². The van der Waals surface area contributed by atoms with Gasteiger partial charge in [0.05, 0.1) is 10.6 Å². The number of carbonyl (C=O) groups excluding carboxylic acids is 2. The van der Waals surface area contributed by atoms with E-state index in [2.05, 4.69) is 26.0 Å². The monoisotopic (exact) mass is 728 g/mol. The molecule has 0 saturated carbocycles. The Morgan fingerprint density at radius 2 is 1.59 bits per heavy atom. The van der Waals surface area contributed by atoms with Crippen molar-refractivity contribution >= 4 is 44.8 Å². The number of nitrogens with zero attached hydrogens (tertiary/aromatic N) is 3. The van der Waals surface area contributed by atoms with Gasteiger partial charge in [-0.15, -0.1) is 5.10 Å². The van der Waals surface area contributed by atoms with Crippen LogP contribution in [0.15, 0.2) is 90.0 Å². The number of pyridine rings is 1. The van der Waals surface area contributed by atoms with Gasteiger partial charge in [-0.25, -0.2) is 22.1 Å². The molecule has 0 aliphatic rings. The SMILES string of the molecule is CC(C)(C)OC(=O)NC(C(=O)Nc1ccc(-c2ccc3nc(Nc4ccc(S(C)(=O)=O)cc4OCC(F)(F)F)nn3c2)cc1)c1ccc(F)cc1. The first-order valence-electron chi connectivity index (χ1n) is 15.2. The highest BCUT2D eigenvalue weighted by molar-refractivity contribution is 7.90. The van der Waals surface area contributed by atoms with E-state index in [1.165, 1.54) is 40.9 Å². The maximum absolute atomic E-state index is 13.6. The van der Waals surface area contributed by atoms with Crippen LogP contribution in [0.4, 0.5) is 39.7 Å². The number of aromatic nitrogens is 3. The predicted octanol–water partition coefficient (Wildman–Crippen LogP) is 6.83. The van der Waals surface area contributed by atoms with Gasteiger partial charge in [0.25, 0.3) is 5.91 Å². The zero-order chi connectivity index (χ0) is 37.1. The normalized spacial score (nSPS) is 12.6. The molecule has 0 aliphatic carbocycles. The molecule has 51 heavy (non-hydrogen) atoms. The summed E-state index contributed by atoms with van der Waals surface area (Å²) in [6, 6.07) is 17.6. The second-order valence-electron chi connectivity index (χ2n) is 12.3. The highest BCUT2D eigenvalue weighted by atomic mass is 32.2. The smallest absolute Gasteiger partial charge is 0.422 e. The van der Waals surface area contributed by atoms with Gasteiger partial charge in [0.2, 0.25) is 5.95 Å². The van der Waals surface area contributed by atoms with Gasteiger partial charge in [0.15, 0.2) is 22.1 Å². The Bertz CT molecular complexity index is 2170. The Balaban J connectivity index is 1.32. The number of rotatable bonds is 10. The second-order valence-corrected chi connectivity index (χ2v) is 14.3. The molecule has 3 N–H and O–H groups in total. The molecule has 5 rings (SSSR count). The fraction of sp³-hybridized carbons (Fsp3) is 0.235. The molecule has 268 valence electrons. The van der Waals surface area contributed by atoms with E-state index >= 15 is 0 Å². The van der Waals surface area contributed by atoms with Crippen LogP contribution in [0.2, 0.25) is 0 Å². The molecule has 12 nitrogen and oxygen atoms in total. The van der Waals surface area contributed by atoms with Crippen molar-refractivity contribution < 1.29 is 45.0 Å². The minimum absolute atomic E-state index is 0.00451. The Labute approximate surface area is 289 Å². The molecule has 3 aromatic carbocycles. The Kier molecular flexibility index (Phi) is 10.2. The van der Waals surface area contributed by atoms with Crippen molar-refractivity contribution in [3.63, 3.8) is 0 Å². The standard InChI is InChI=1S/C34H32F4N6O6S/c1-33(2,3)50-32(46)42-29(21-5-10-23(35)11-6-21)30(45)39-24-12-7-20(8-13-24)22-9-16-28-41-31(43-44(28)18-22)40-26-15-14-25(51(4,47)48)17-27(26)49-19-34(36,37)38/h5-18,29H,19H2,1-4H3,(H,39,45)(H,40,43)(H,42,46). The summed E-state index contributed by atoms with van der Waals surface area (Å²) in [6.07, 6.45) is -2.91. The third kappa shape index (κ3) is 9.94. The van der Waals surface area contributed by atoms with Crippen molar-refractivity contribution in [3.8, 4) is 16.9 Å². The summed E-state index contributed by atoms with van der Waals surface area (Å²) in [5.74, 6) is -1.45. The Morgan fingerprint density at radius 1 is 0.922 bits per heavy atom. The molecule has 0 aliphatic heterocycles. The van der Waals surface area contributed by atoms with E-state index in [9.17, 15) is 35.6 Å². The minimum atomic E-state index is -4.66. The lowest BCUT2D eigenvalue weighted by Crippen LogP contribution is -2.40. The van der Waals surface area contributed by atoms with Crippen molar-refractivity contribution in [2.24, 2.45) is 0 Å². The van der Waals surface area contributed by atoms with E-state index in [1.807, 2.05) is 0 Å². The van der Waals surface area contributed by atoms with Crippen LogP contribution in [0.25, 0.3) is 16.8 Å². The van der Waals surface area contributed by atoms with Crippen LogP contribution in [-0.2, 0) is 19.4 Å². The van der Waals surface area contributed by atoms with Crippen LogP contribution in [0.3, 0.4) is 0 Å². The molecule has 0 radical (unpaired) electrons. The van der Waals surface area contributed by atoms with Gasteiger partial charge < -0.3 is 25.4 Å². The Hall–Kier alpha value is -5.71. The van der Waals surface area contributed by atoms with Crippen molar-refractivity contribution in [1.82, 2.24) is 19.9 Å².